The number of nitrogens with one attached hydrogen (secondary N) is 2. The molecule has 0 radical (unpaired) electrons. The summed E-state index contributed by atoms with van der Waals surface area (Å²) in [6, 6.07) is 0. The molecule has 4 heteroatoms. The van der Waals surface area contributed by atoms with Gasteiger partial charge in [0.05, 0.1) is 0 Å². The van der Waals surface area contributed by atoms with Gasteiger partial charge in [-0.25, -0.2) is 0 Å². The van der Waals surface area contributed by atoms with Crippen molar-refractivity contribution in [2.24, 2.45) is 5.92 Å². The van der Waals surface area contributed by atoms with E-state index in [4.69, 9.17) is 0 Å². The molecule has 1 aliphatic rings. The lowest BCUT2D eigenvalue weighted by molar-refractivity contribution is -0.123. The highest BCUT2D eigenvalue weighted by atomic mass is 35.5. The largest absolute Gasteiger partial charge is 0.351 e. The van der Waals surface area contributed by atoms with Crippen LogP contribution >= 0.6 is 12.4 Å². The van der Waals surface area contributed by atoms with E-state index in [1.54, 1.807) is 0 Å². The highest BCUT2D eigenvalue weighted by molar-refractivity contribution is 5.85. The van der Waals surface area contributed by atoms with Crippen LogP contribution in [0.15, 0.2) is 0 Å². The predicted octanol–water partition coefficient (Wildman–Crippen LogP) is 2.88. The van der Waals surface area contributed by atoms with Crippen molar-refractivity contribution in [3.63, 3.8) is 0 Å². The quantitative estimate of drug-likeness (QED) is 0.783. The number of halogens is 1. The first-order chi connectivity index (χ1) is 8.03. The molecule has 1 fully saturated rings. The van der Waals surface area contributed by atoms with Crippen LogP contribution in [0.1, 0.15) is 59.3 Å². The molecule has 0 aliphatic carbocycles. The number of amides is 1. The number of hydrogen-bond acceptors (Lipinski definition) is 2. The van der Waals surface area contributed by atoms with Gasteiger partial charge in [-0.15, -0.1) is 12.4 Å². The van der Waals surface area contributed by atoms with Gasteiger partial charge in [0.25, 0.3) is 0 Å². The van der Waals surface area contributed by atoms with Crippen LogP contribution in [0.25, 0.3) is 0 Å². The molecule has 0 saturated carbocycles. The molecule has 18 heavy (non-hydrogen) atoms. The lowest BCUT2D eigenvalue weighted by Crippen LogP contribution is -2.43. The van der Waals surface area contributed by atoms with Crippen molar-refractivity contribution >= 4 is 18.3 Å². The first kappa shape index (κ1) is 17.7. The molecule has 1 amide bonds. The van der Waals surface area contributed by atoms with Gasteiger partial charge in [0.2, 0.25) is 5.91 Å². The lowest BCUT2D eigenvalue weighted by Gasteiger charge is -2.27. The lowest BCUT2D eigenvalue weighted by atomic mass is 9.92. The normalized spacial score (nSPS) is 17.1. The third-order valence-corrected chi connectivity index (χ3v) is 3.59. The van der Waals surface area contributed by atoms with Gasteiger partial charge in [-0.3, -0.25) is 4.79 Å². The van der Waals surface area contributed by atoms with Crippen LogP contribution < -0.4 is 10.6 Å². The highest BCUT2D eigenvalue weighted by Crippen LogP contribution is 2.18. The maximum Gasteiger partial charge on any atom is 0.220 e. The first-order valence-electron chi connectivity index (χ1n) is 7.05. The zero-order chi connectivity index (χ0) is 12.7. The van der Waals surface area contributed by atoms with Crippen LogP contribution in [0.3, 0.4) is 0 Å². The summed E-state index contributed by atoms with van der Waals surface area (Å²) in [5.74, 6) is 0.971. The number of piperidine rings is 1. The minimum atomic E-state index is -0.0417. The summed E-state index contributed by atoms with van der Waals surface area (Å²) < 4.78 is 0. The number of carbonyl (C=O) groups is 1. The monoisotopic (exact) mass is 276 g/mol. The summed E-state index contributed by atoms with van der Waals surface area (Å²) in [5.41, 5.74) is -0.0417. The van der Waals surface area contributed by atoms with Crippen LogP contribution in [0, 0.1) is 5.92 Å². The molecule has 0 unspecified atom stereocenters. The Balaban J connectivity index is 0.00000289. The number of hydrogen-bond donors (Lipinski definition) is 2. The van der Waals surface area contributed by atoms with Gasteiger partial charge >= 0.3 is 0 Å². The number of rotatable bonds is 6. The van der Waals surface area contributed by atoms with E-state index in [1.807, 2.05) is 0 Å². The Labute approximate surface area is 118 Å². The molecule has 0 aromatic carbocycles. The van der Waals surface area contributed by atoms with Gasteiger partial charge in [-0.1, -0.05) is 13.3 Å². The maximum absolute atomic E-state index is 11.8. The van der Waals surface area contributed by atoms with Gasteiger partial charge in [0.1, 0.15) is 0 Å². The molecular weight excluding hydrogens is 248 g/mol. The molecule has 2 N–H and O–H groups in total. The van der Waals surface area contributed by atoms with Crippen molar-refractivity contribution in [3.8, 4) is 0 Å². The molecule has 0 aromatic rings. The third kappa shape index (κ3) is 7.22. The fraction of sp³-hybridized carbons (Fsp3) is 0.929. The number of carbonyl (C=O) groups excluding carboxylic acids is 1. The molecule has 108 valence electrons. The topological polar surface area (TPSA) is 41.1 Å². The molecule has 3 nitrogen and oxygen atoms in total. The highest BCUT2D eigenvalue weighted by Gasteiger charge is 2.20. The molecule has 1 heterocycles. The van der Waals surface area contributed by atoms with Crippen LogP contribution in [-0.4, -0.2) is 24.5 Å². The van der Waals surface area contributed by atoms with E-state index in [2.05, 4.69) is 31.4 Å². The fourth-order valence-electron chi connectivity index (χ4n) is 2.63. The molecule has 0 spiro atoms. The second-order valence-corrected chi connectivity index (χ2v) is 5.91. The van der Waals surface area contributed by atoms with E-state index in [0.717, 1.165) is 38.3 Å². The molecule has 1 aliphatic heterocycles. The van der Waals surface area contributed by atoms with E-state index < -0.39 is 0 Å². The standard InChI is InChI=1S/C14H28N2O.ClH/c1-4-9-14(2,3)16-13(17)6-5-12-7-10-15-11-8-12;/h12,15H,4-11H2,1-3H3,(H,16,17);1H. The van der Waals surface area contributed by atoms with Crippen molar-refractivity contribution in [3.05, 3.63) is 0 Å². The molecule has 0 aromatic heterocycles. The van der Waals surface area contributed by atoms with Crippen molar-refractivity contribution in [2.45, 2.75) is 64.8 Å². The van der Waals surface area contributed by atoms with Crippen LogP contribution in [0.5, 0.6) is 0 Å². The summed E-state index contributed by atoms with van der Waals surface area (Å²) in [7, 11) is 0. The van der Waals surface area contributed by atoms with E-state index in [9.17, 15) is 4.79 Å². The Morgan fingerprint density at radius 1 is 1.33 bits per heavy atom. The van der Waals surface area contributed by atoms with Crippen LogP contribution in [0.4, 0.5) is 0 Å². The Hall–Kier alpha value is -0.280. The first-order valence-corrected chi connectivity index (χ1v) is 7.05. The minimum absolute atomic E-state index is 0. The van der Waals surface area contributed by atoms with Crippen molar-refractivity contribution in [1.29, 1.82) is 0 Å². The average Bonchev–Trinajstić information content (AvgIpc) is 2.27. The summed E-state index contributed by atoms with van der Waals surface area (Å²) in [6.07, 6.45) is 6.36. The maximum atomic E-state index is 11.8. The Morgan fingerprint density at radius 2 is 1.94 bits per heavy atom. The summed E-state index contributed by atoms with van der Waals surface area (Å²) in [6.45, 7) is 8.61. The van der Waals surface area contributed by atoms with Crippen LogP contribution in [0.2, 0.25) is 0 Å². The second kappa shape index (κ2) is 8.76. The summed E-state index contributed by atoms with van der Waals surface area (Å²) in [5, 5.41) is 6.50. The molecular formula is C14H29ClN2O. The smallest absolute Gasteiger partial charge is 0.220 e. The molecule has 1 saturated heterocycles. The van der Waals surface area contributed by atoms with Crippen molar-refractivity contribution in [1.82, 2.24) is 10.6 Å². The van der Waals surface area contributed by atoms with Gasteiger partial charge in [-0.05, 0) is 58.5 Å². The second-order valence-electron chi connectivity index (χ2n) is 5.91. The van der Waals surface area contributed by atoms with Gasteiger partial charge in [0, 0.05) is 12.0 Å². The summed E-state index contributed by atoms with van der Waals surface area (Å²) in [4.78, 5) is 11.8. The predicted molar refractivity (Wildman–Crippen MR) is 79.2 cm³/mol. The van der Waals surface area contributed by atoms with Gasteiger partial charge in [-0.2, -0.15) is 0 Å². The van der Waals surface area contributed by atoms with Crippen molar-refractivity contribution < 1.29 is 4.79 Å². The van der Waals surface area contributed by atoms with E-state index in [-0.39, 0.29) is 23.9 Å². The molecule has 0 bridgehead atoms. The fourth-order valence-corrected chi connectivity index (χ4v) is 2.63. The summed E-state index contributed by atoms with van der Waals surface area (Å²) >= 11 is 0. The van der Waals surface area contributed by atoms with Gasteiger partial charge in [0.15, 0.2) is 0 Å². The van der Waals surface area contributed by atoms with Crippen LogP contribution in [-0.2, 0) is 4.79 Å². The molecule has 0 atom stereocenters. The van der Waals surface area contributed by atoms with Crippen molar-refractivity contribution in [2.75, 3.05) is 13.1 Å². The average molecular weight is 277 g/mol. The Morgan fingerprint density at radius 3 is 2.50 bits per heavy atom. The van der Waals surface area contributed by atoms with E-state index in [1.165, 1.54) is 12.8 Å². The Kier molecular flexibility index (Phi) is 8.62. The zero-order valence-corrected chi connectivity index (χ0v) is 12.9. The Bertz CT molecular complexity index is 238. The molecule has 1 rings (SSSR count). The third-order valence-electron chi connectivity index (χ3n) is 3.59. The minimum Gasteiger partial charge on any atom is -0.351 e. The SMILES string of the molecule is CCCC(C)(C)NC(=O)CCC1CCNCC1.Cl. The van der Waals surface area contributed by atoms with E-state index >= 15 is 0 Å². The van der Waals surface area contributed by atoms with Gasteiger partial charge < -0.3 is 10.6 Å². The van der Waals surface area contributed by atoms with E-state index in [0.29, 0.717) is 6.42 Å². The zero-order valence-electron chi connectivity index (χ0n) is 12.1.